The first-order valence-corrected chi connectivity index (χ1v) is 7.79. The van der Waals surface area contributed by atoms with E-state index in [1.54, 1.807) is 19.1 Å². The molecule has 23 heavy (non-hydrogen) atoms. The predicted molar refractivity (Wildman–Crippen MR) is 82.6 cm³/mol. The molecule has 0 aliphatic heterocycles. The first-order valence-electron chi connectivity index (χ1n) is 7.79. The van der Waals surface area contributed by atoms with Crippen LogP contribution in [0.2, 0.25) is 0 Å². The number of hydrogen-bond acceptors (Lipinski definition) is 3. The van der Waals surface area contributed by atoms with Crippen LogP contribution in [0.5, 0.6) is 5.75 Å². The van der Waals surface area contributed by atoms with E-state index in [1.165, 1.54) is 13.2 Å². The van der Waals surface area contributed by atoms with Gasteiger partial charge in [-0.05, 0) is 44.7 Å². The number of carboxylic acid groups (broad SMARTS) is 1. The predicted octanol–water partition coefficient (Wildman–Crippen LogP) is 2.90. The Morgan fingerprint density at radius 2 is 1.87 bits per heavy atom. The molecule has 6 heteroatoms. The second-order valence-corrected chi connectivity index (χ2v) is 5.97. The molecule has 0 radical (unpaired) electrons. The molecule has 0 unspecified atom stereocenters. The van der Waals surface area contributed by atoms with Crippen molar-refractivity contribution in [2.75, 3.05) is 7.11 Å². The van der Waals surface area contributed by atoms with Crippen LogP contribution in [0.3, 0.4) is 0 Å². The Hall–Kier alpha value is -2.11. The smallest absolute Gasteiger partial charge is 0.306 e. The Balaban J connectivity index is 2.00. The summed E-state index contributed by atoms with van der Waals surface area (Å²) in [4.78, 5) is 23.3. The van der Waals surface area contributed by atoms with E-state index in [0.717, 1.165) is 0 Å². The Labute approximate surface area is 134 Å². The number of amides is 1. The van der Waals surface area contributed by atoms with E-state index < -0.39 is 17.8 Å². The van der Waals surface area contributed by atoms with Crippen LogP contribution in [0.25, 0.3) is 0 Å². The summed E-state index contributed by atoms with van der Waals surface area (Å²) in [5, 5.41) is 11.8. The maximum absolute atomic E-state index is 14.0. The highest BCUT2D eigenvalue weighted by Gasteiger charge is 2.30. The molecule has 0 bridgehead atoms. The third kappa shape index (κ3) is 4.00. The zero-order valence-corrected chi connectivity index (χ0v) is 13.3. The van der Waals surface area contributed by atoms with Gasteiger partial charge in [-0.2, -0.15) is 0 Å². The number of ether oxygens (including phenoxy) is 1. The number of carbonyl (C=O) groups excluding carboxylic acids is 1. The number of hydrogen-bond donors (Lipinski definition) is 2. The molecule has 1 amide bonds. The molecule has 126 valence electrons. The lowest BCUT2D eigenvalue weighted by molar-refractivity contribution is -0.144. The van der Waals surface area contributed by atoms with Gasteiger partial charge in [0.15, 0.2) is 0 Å². The molecule has 2 rings (SSSR count). The van der Waals surface area contributed by atoms with Crippen molar-refractivity contribution in [1.82, 2.24) is 5.32 Å². The lowest BCUT2D eigenvalue weighted by Crippen LogP contribution is -2.36. The normalized spacial score (nSPS) is 22.2. The number of carbonyl (C=O) groups is 2. The molecule has 1 fully saturated rings. The summed E-state index contributed by atoms with van der Waals surface area (Å²) in [6, 6.07) is 4.02. The largest absolute Gasteiger partial charge is 0.496 e. The highest BCUT2D eigenvalue weighted by molar-refractivity contribution is 5.79. The highest BCUT2D eigenvalue weighted by atomic mass is 19.1. The number of halogens is 1. The standard InChI is InChI=1S/C17H22FNO4/c1-10(15-13(18)4-3-5-14(15)23-2)19-16(20)11-6-8-12(9-7-11)17(21)22/h3-5,10-12H,6-9H2,1-2H3,(H,19,20)(H,21,22)/t10-,11?,12?/m0/s1. The summed E-state index contributed by atoms with van der Waals surface area (Å²) in [7, 11) is 1.46. The minimum absolute atomic E-state index is 0.161. The third-order valence-electron chi connectivity index (χ3n) is 4.47. The summed E-state index contributed by atoms with van der Waals surface area (Å²) in [5.74, 6) is -1.56. The van der Waals surface area contributed by atoms with Crippen LogP contribution in [0, 0.1) is 17.7 Å². The number of rotatable bonds is 5. The van der Waals surface area contributed by atoms with Crippen LogP contribution in [0.15, 0.2) is 18.2 Å². The van der Waals surface area contributed by atoms with Crippen molar-refractivity contribution in [3.63, 3.8) is 0 Å². The van der Waals surface area contributed by atoms with Crippen molar-refractivity contribution in [3.8, 4) is 5.75 Å². The van der Waals surface area contributed by atoms with Crippen LogP contribution >= 0.6 is 0 Å². The second-order valence-electron chi connectivity index (χ2n) is 5.97. The third-order valence-corrected chi connectivity index (χ3v) is 4.47. The van der Waals surface area contributed by atoms with Crippen molar-refractivity contribution in [2.45, 2.75) is 38.6 Å². The van der Waals surface area contributed by atoms with Gasteiger partial charge in [0.05, 0.1) is 24.6 Å². The van der Waals surface area contributed by atoms with Crippen molar-refractivity contribution < 1.29 is 23.8 Å². The van der Waals surface area contributed by atoms with E-state index in [0.29, 0.717) is 37.0 Å². The monoisotopic (exact) mass is 323 g/mol. The number of aliphatic carboxylic acids is 1. The SMILES string of the molecule is COc1cccc(F)c1[C@H](C)NC(=O)C1CCC(C(=O)O)CC1. The minimum Gasteiger partial charge on any atom is -0.496 e. The topological polar surface area (TPSA) is 75.6 Å². The van der Waals surface area contributed by atoms with Gasteiger partial charge in [-0.3, -0.25) is 9.59 Å². The van der Waals surface area contributed by atoms with Crippen LogP contribution in [0.1, 0.15) is 44.2 Å². The molecule has 1 saturated carbocycles. The van der Waals surface area contributed by atoms with Crippen molar-refractivity contribution in [1.29, 1.82) is 0 Å². The van der Waals surface area contributed by atoms with Crippen LogP contribution < -0.4 is 10.1 Å². The molecule has 5 nitrogen and oxygen atoms in total. The highest BCUT2D eigenvalue weighted by Crippen LogP contribution is 2.31. The Bertz CT molecular complexity index is 582. The van der Waals surface area contributed by atoms with Gasteiger partial charge in [-0.1, -0.05) is 6.07 Å². The van der Waals surface area contributed by atoms with E-state index in [1.807, 2.05) is 0 Å². The summed E-state index contributed by atoms with van der Waals surface area (Å²) in [6.45, 7) is 1.71. The van der Waals surface area contributed by atoms with Crippen molar-refractivity contribution in [2.24, 2.45) is 11.8 Å². The maximum atomic E-state index is 14.0. The number of nitrogens with one attached hydrogen (secondary N) is 1. The zero-order valence-electron chi connectivity index (χ0n) is 13.3. The van der Waals surface area contributed by atoms with Gasteiger partial charge in [0, 0.05) is 5.92 Å². The van der Waals surface area contributed by atoms with Crippen LogP contribution in [0.4, 0.5) is 4.39 Å². The first kappa shape index (κ1) is 17.2. The molecule has 2 N–H and O–H groups in total. The number of carboxylic acids is 1. The van der Waals surface area contributed by atoms with Crippen LogP contribution in [-0.4, -0.2) is 24.1 Å². The average Bonchev–Trinajstić information content (AvgIpc) is 2.54. The van der Waals surface area contributed by atoms with Gasteiger partial charge < -0.3 is 15.2 Å². The van der Waals surface area contributed by atoms with Crippen LogP contribution in [-0.2, 0) is 9.59 Å². The van der Waals surface area contributed by atoms with E-state index in [9.17, 15) is 14.0 Å². The molecule has 1 aliphatic rings. The van der Waals surface area contributed by atoms with E-state index >= 15 is 0 Å². The molecule has 1 atom stereocenters. The molecule has 0 aromatic heterocycles. The Morgan fingerprint density at radius 1 is 1.26 bits per heavy atom. The molecule has 1 aromatic rings. The fraction of sp³-hybridized carbons (Fsp3) is 0.529. The first-order chi connectivity index (χ1) is 10.9. The van der Waals surface area contributed by atoms with Gasteiger partial charge in [0.25, 0.3) is 0 Å². The van der Waals surface area contributed by atoms with E-state index in [2.05, 4.69) is 5.32 Å². The molecule has 1 aliphatic carbocycles. The van der Waals surface area contributed by atoms with Crippen molar-refractivity contribution >= 4 is 11.9 Å². The quantitative estimate of drug-likeness (QED) is 0.873. The summed E-state index contributed by atoms with van der Waals surface area (Å²) in [5.41, 5.74) is 0.322. The lowest BCUT2D eigenvalue weighted by atomic mass is 9.81. The van der Waals surface area contributed by atoms with Gasteiger partial charge >= 0.3 is 5.97 Å². The zero-order chi connectivity index (χ0) is 17.0. The molecule has 1 aromatic carbocycles. The fourth-order valence-electron chi connectivity index (χ4n) is 3.12. The average molecular weight is 323 g/mol. The van der Waals surface area contributed by atoms with Gasteiger partial charge in [0.2, 0.25) is 5.91 Å². The fourth-order valence-corrected chi connectivity index (χ4v) is 3.12. The maximum Gasteiger partial charge on any atom is 0.306 e. The Morgan fingerprint density at radius 3 is 2.43 bits per heavy atom. The molecular formula is C17H22FNO4. The van der Waals surface area contributed by atoms with Gasteiger partial charge in [0.1, 0.15) is 11.6 Å². The van der Waals surface area contributed by atoms with Gasteiger partial charge in [-0.15, -0.1) is 0 Å². The second kappa shape index (κ2) is 7.44. The summed E-state index contributed by atoms with van der Waals surface area (Å²) >= 11 is 0. The molecule has 0 heterocycles. The molecular weight excluding hydrogens is 301 g/mol. The van der Waals surface area contributed by atoms with Crippen molar-refractivity contribution in [3.05, 3.63) is 29.6 Å². The number of methoxy groups -OCH3 is 1. The number of benzene rings is 1. The van der Waals surface area contributed by atoms with E-state index in [-0.39, 0.29) is 17.7 Å². The Kier molecular flexibility index (Phi) is 5.58. The minimum atomic E-state index is -0.798. The van der Waals surface area contributed by atoms with E-state index in [4.69, 9.17) is 9.84 Å². The summed E-state index contributed by atoms with van der Waals surface area (Å²) in [6.07, 6.45) is 2.10. The lowest BCUT2D eigenvalue weighted by Gasteiger charge is -2.27. The van der Waals surface area contributed by atoms with Gasteiger partial charge in [-0.25, -0.2) is 4.39 Å². The molecule has 0 saturated heterocycles. The summed E-state index contributed by atoms with van der Waals surface area (Å²) < 4.78 is 19.2. The molecule has 0 spiro atoms.